The summed E-state index contributed by atoms with van der Waals surface area (Å²) in [6.45, 7) is 0. The van der Waals surface area contributed by atoms with Crippen LogP contribution in [-0.2, 0) is 0 Å². The van der Waals surface area contributed by atoms with Crippen molar-refractivity contribution in [2.45, 2.75) is 0 Å². The molecule has 0 amide bonds. The summed E-state index contributed by atoms with van der Waals surface area (Å²) in [5, 5.41) is 3.91. The maximum absolute atomic E-state index is 5.52. The van der Waals surface area contributed by atoms with Gasteiger partial charge in [-0.2, -0.15) is 14.6 Å². The number of hydrogen-bond acceptors (Lipinski definition) is 4. The average molecular weight is 214 g/mol. The van der Waals surface area contributed by atoms with Gasteiger partial charge in [-0.15, -0.1) is 0 Å². The fourth-order valence-corrected chi connectivity index (χ4v) is 1.18. The number of rotatable bonds is 0. The SMILES string of the molecule is Nc1nc(Br)nc2ccnn12. The highest BCUT2D eigenvalue weighted by atomic mass is 79.9. The molecule has 0 aromatic carbocycles. The van der Waals surface area contributed by atoms with Crippen LogP contribution in [0.5, 0.6) is 0 Å². The first kappa shape index (κ1) is 6.53. The van der Waals surface area contributed by atoms with Crippen LogP contribution in [0.25, 0.3) is 5.65 Å². The van der Waals surface area contributed by atoms with Crippen LogP contribution in [-0.4, -0.2) is 19.6 Å². The van der Waals surface area contributed by atoms with Gasteiger partial charge in [0, 0.05) is 6.07 Å². The number of aromatic nitrogens is 4. The van der Waals surface area contributed by atoms with Crippen molar-refractivity contribution >= 4 is 27.5 Å². The Balaban J connectivity index is 2.91. The van der Waals surface area contributed by atoms with Crippen LogP contribution >= 0.6 is 15.9 Å². The van der Waals surface area contributed by atoms with Crippen molar-refractivity contribution < 1.29 is 0 Å². The molecule has 11 heavy (non-hydrogen) atoms. The number of anilines is 1. The largest absolute Gasteiger partial charge is 0.368 e. The van der Waals surface area contributed by atoms with Gasteiger partial charge < -0.3 is 5.73 Å². The van der Waals surface area contributed by atoms with Crippen LogP contribution in [0.3, 0.4) is 0 Å². The van der Waals surface area contributed by atoms with Gasteiger partial charge in [-0.3, -0.25) is 0 Å². The third-order valence-electron chi connectivity index (χ3n) is 1.25. The molecule has 0 bridgehead atoms. The minimum Gasteiger partial charge on any atom is -0.368 e. The molecule has 0 radical (unpaired) electrons. The third-order valence-corrected chi connectivity index (χ3v) is 1.61. The molecular formula is C5H4BrN5. The molecule has 56 valence electrons. The summed E-state index contributed by atoms with van der Waals surface area (Å²) in [5.41, 5.74) is 6.21. The summed E-state index contributed by atoms with van der Waals surface area (Å²) in [6, 6.07) is 1.75. The lowest BCUT2D eigenvalue weighted by Crippen LogP contribution is -2.03. The summed E-state index contributed by atoms with van der Waals surface area (Å²) in [6.07, 6.45) is 1.62. The van der Waals surface area contributed by atoms with Crippen molar-refractivity contribution in [3.05, 3.63) is 17.0 Å². The van der Waals surface area contributed by atoms with Gasteiger partial charge >= 0.3 is 0 Å². The van der Waals surface area contributed by atoms with E-state index < -0.39 is 0 Å². The van der Waals surface area contributed by atoms with Gasteiger partial charge in [-0.05, 0) is 15.9 Å². The zero-order valence-electron chi connectivity index (χ0n) is 5.40. The first-order chi connectivity index (χ1) is 5.27. The van der Waals surface area contributed by atoms with Gasteiger partial charge in [0.05, 0.1) is 6.20 Å². The Labute approximate surface area is 70.4 Å². The molecule has 6 heteroatoms. The Morgan fingerprint density at radius 2 is 2.27 bits per heavy atom. The van der Waals surface area contributed by atoms with Crippen LogP contribution in [0.2, 0.25) is 0 Å². The van der Waals surface area contributed by atoms with Crippen LogP contribution in [0.1, 0.15) is 0 Å². The highest BCUT2D eigenvalue weighted by Gasteiger charge is 2.01. The normalized spacial score (nSPS) is 10.6. The van der Waals surface area contributed by atoms with E-state index in [1.54, 1.807) is 12.3 Å². The lowest BCUT2D eigenvalue weighted by molar-refractivity contribution is 0.897. The van der Waals surface area contributed by atoms with Gasteiger partial charge in [0.15, 0.2) is 5.65 Å². The zero-order valence-corrected chi connectivity index (χ0v) is 6.98. The lowest BCUT2D eigenvalue weighted by atomic mass is 10.7. The minimum absolute atomic E-state index is 0.326. The predicted octanol–water partition coefficient (Wildman–Crippen LogP) is 0.469. The second kappa shape index (κ2) is 2.16. The van der Waals surface area contributed by atoms with Crippen LogP contribution < -0.4 is 5.73 Å². The minimum atomic E-state index is 0.326. The zero-order chi connectivity index (χ0) is 7.84. The van der Waals surface area contributed by atoms with E-state index in [4.69, 9.17) is 5.73 Å². The molecule has 2 aromatic rings. The molecule has 2 N–H and O–H groups in total. The second-order valence-electron chi connectivity index (χ2n) is 1.95. The third kappa shape index (κ3) is 0.949. The number of halogens is 1. The summed E-state index contributed by atoms with van der Waals surface area (Å²) < 4.78 is 1.94. The maximum atomic E-state index is 5.52. The lowest BCUT2D eigenvalue weighted by Gasteiger charge is -1.96. The summed E-state index contributed by atoms with van der Waals surface area (Å²) in [5.74, 6) is 0.326. The van der Waals surface area contributed by atoms with E-state index in [2.05, 4.69) is 31.0 Å². The van der Waals surface area contributed by atoms with Crippen molar-refractivity contribution in [1.29, 1.82) is 0 Å². The number of nitrogen functional groups attached to an aromatic ring is 1. The first-order valence-electron chi connectivity index (χ1n) is 2.90. The Morgan fingerprint density at radius 1 is 1.45 bits per heavy atom. The molecule has 2 heterocycles. The Hall–Kier alpha value is -1.17. The van der Waals surface area contributed by atoms with E-state index in [-0.39, 0.29) is 0 Å². The van der Waals surface area contributed by atoms with Gasteiger partial charge in [-0.25, -0.2) is 4.98 Å². The quantitative estimate of drug-likeness (QED) is 0.691. The monoisotopic (exact) mass is 213 g/mol. The van der Waals surface area contributed by atoms with Crippen LogP contribution in [0.4, 0.5) is 5.95 Å². The van der Waals surface area contributed by atoms with E-state index in [1.165, 1.54) is 4.52 Å². The standard InChI is InChI=1S/C5H4BrN5/c6-4-9-3-1-2-8-11(3)5(7)10-4/h1-2H,(H2,7,9,10). The molecule has 2 rings (SSSR count). The highest BCUT2D eigenvalue weighted by molar-refractivity contribution is 9.10. The van der Waals surface area contributed by atoms with Crippen molar-refractivity contribution in [2.24, 2.45) is 0 Å². The number of nitrogens with two attached hydrogens (primary N) is 1. The first-order valence-corrected chi connectivity index (χ1v) is 3.69. The highest BCUT2D eigenvalue weighted by Crippen LogP contribution is 2.07. The molecule has 0 unspecified atom stereocenters. The number of nitrogens with zero attached hydrogens (tertiary/aromatic N) is 4. The number of hydrogen-bond donors (Lipinski definition) is 1. The predicted molar refractivity (Wildman–Crippen MR) is 42.9 cm³/mol. The van der Waals surface area contributed by atoms with Gasteiger partial charge in [0.25, 0.3) is 0 Å². The molecule has 2 aromatic heterocycles. The maximum Gasteiger partial charge on any atom is 0.225 e. The van der Waals surface area contributed by atoms with Crippen molar-refractivity contribution in [3.63, 3.8) is 0 Å². The molecule has 0 atom stereocenters. The second-order valence-corrected chi connectivity index (χ2v) is 2.66. The summed E-state index contributed by atoms with van der Waals surface area (Å²) >= 11 is 3.12. The average Bonchev–Trinajstić information content (AvgIpc) is 2.34. The van der Waals surface area contributed by atoms with E-state index in [1.807, 2.05) is 0 Å². The number of fused-ring (bicyclic) bond motifs is 1. The smallest absolute Gasteiger partial charge is 0.225 e. The fraction of sp³-hybridized carbons (Fsp3) is 0. The summed E-state index contributed by atoms with van der Waals surface area (Å²) in [7, 11) is 0. The Bertz CT molecular complexity index is 395. The van der Waals surface area contributed by atoms with Crippen LogP contribution in [0.15, 0.2) is 17.0 Å². The van der Waals surface area contributed by atoms with Gasteiger partial charge in [0.1, 0.15) is 0 Å². The molecule has 0 fully saturated rings. The van der Waals surface area contributed by atoms with E-state index in [0.29, 0.717) is 16.3 Å². The van der Waals surface area contributed by atoms with Crippen molar-refractivity contribution in [1.82, 2.24) is 19.6 Å². The van der Waals surface area contributed by atoms with Crippen molar-refractivity contribution in [3.8, 4) is 0 Å². The molecule has 5 nitrogen and oxygen atoms in total. The van der Waals surface area contributed by atoms with Crippen molar-refractivity contribution in [2.75, 3.05) is 5.73 Å². The van der Waals surface area contributed by atoms with E-state index in [9.17, 15) is 0 Å². The molecule has 0 aliphatic carbocycles. The molecular weight excluding hydrogens is 210 g/mol. The molecule has 0 aliphatic rings. The molecule has 0 saturated heterocycles. The van der Waals surface area contributed by atoms with Crippen LogP contribution in [0, 0.1) is 0 Å². The topological polar surface area (TPSA) is 69.1 Å². The Kier molecular flexibility index (Phi) is 1.28. The van der Waals surface area contributed by atoms with E-state index in [0.717, 1.165) is 0 Å². The fourth-order valence-electron chi connectivity index (χ4n) is 0.819. The molecule has 0 saturated carbocycles. The van der Waals surface area contributed by atoms with E-state index >= 15 is 0 Å². The summed E-state index contributed by atoms with van der Waals surface area (Å²) in [4.78, 5) is 7.88. The Morgan fingerprint density at radius 3 is 3.09 bits per heavy atom. The van der Waals surface area contributed by atoms with Gasteiger partial charge in [-0.1, -0.05) is 0 Å². The molecule has 0 aliphatic heterocycles. The van der Waals surface area contributed by atoms with Gasteiger partial charge in [0.2, 0.25) is 10.7 Å². The molecule has 0 spiro atoms.